The van der Waals surface area contributed by atoms with Gasteiger partial charge in [0.15, 0.2) is 0 Å². The van der Waals surface area contributed by atoms with Crippen LogP contribution in [0.3, 0.4) is 0 Å². The second-order valence-corrected chi connectivity index (χ2v) is 6.15. The fourth-order valence-corrected chi connectivity index (χ4v) is 2.97. The summed E-state index contributed by atoms with van der Waals surface area (Å²) < 4.78 is 0. The molecule has 0 radical (unpaired) electrons. The third kappa shape index (κ3) is 3.38. The largest absolute Gasteiger partial charge is 0.390 e. The van der Waals surface area contributed by atoms with Gasteiger partial charge in [0.05, 0.1) is 18.0 Å². The van der Waals surface area contributed by atoms with Gasteiger partial charge in [0.25, 0.3) is 0 Å². The smallest absolute Gasteiger partial charge is 0.247 e. The van der Waals surface area contributed by atoms with Crippen LogP contribution < -0.4 is 5.32 Å². The van der Waals surface area contributed by atoms with Gasteiger partial charge in [0.1, 0.15) is 12.0 Å². The van der Waals surface area contributed by atoms with Gasteiger partial charge in [-0.15, -0.1) is 0 Å². The van der Waals surface area contributed by atoms with Crippen LogP contribution in [0, 0.1) is 0 Å². The number of hydrogen-bond acceptors (Lipinski definition) is 5. The highest BCUT2D eigenvalue weighted by Gasteiger charge is 2.11. The number of benzene rings is 1. The number of aromatic nitrogens is 4. The minimum Gasteiger partial charge on any atom is -0.390 e. The highest BCUT2D eigenvalue weighted by Crippen LogP contribution is 2.31. The second kappa shape index (κ2) is 7.42. The summed E-state index contributed by atoms with van der Waals surface area (Å²) in [5.74, 6) is -0.262. The van der Waals surface area contributed by atoms with E-state index < -0.39 is 0 Å². The highest BCUT2D eigenvalue weighted by atomic mass is 16.3. The van der Waals surface area contributed by atoms with E-state index in [0.717, 1.165) is 27.7 Å². The zero-order valence-corrected chi connectivity index (χ0v) is 14.9. The predicted octanol–water partition coefficient (Wildman–Crippen LogP) is 3.30. The van der Waals surface area contributed by atoms with Gasteiger partial charge < -0.3 is 15.4 Å². The fourth-order valence-electron chi connectivity index (χ4n) is 2.97. The van der Waals surface area contributed by atoms with Crippen molar-refractivity contribution in [1.82, 2.24) is 19.9 Å². The van der Waals surface area contributed by atoms with Crippen molar-refractivity contribution < 1.29 is 9.90 Å². The standard InChI is InChI=1S/C21H17N5O2/c1-2-20(28)26-15-5-3-4-13(6-15)14-7-17-18(10-23-21(17)22-9-14)19-8-16(11-27)24-12-25-19/h2-10,12,27H,1,11H2,(H,22,23)(H,26,28). The van der Waals surface area contributed by atoms with E-state index in [0.29, 0.717) is 17.1 Å². The predicted molar refractivity (Wildman–Crippen MR) is 107 cm³/mol. The van der Waals surface area contributed by atoms with E-state index in [1.54, 1.807) is 12.3 Å². The number of aliphatic hydroxyl groups is 1. The maximum Gasteiger partial charge on any atom is 0.247 e. The number of carbonyl (C=O) groups is 1. The molecule has 1 aromatic carbocycles. The van der Waals surface area contributed by atoms with Gasteiger partial charge in [-0.2, -0.15) is 0 Å². The van der Waals surface area contributed by atoms with Gasteiger partial charge >= 0.3 is 0 Å². The molecule has 1 amide bonds. The monoisotopic (exact) mass is 371 g/mol. The third-order valence-corrected chi connectivity index (χ3v) is 4.34. The quantitative estimate of drug-likeness (QED) is 0.467. The SMILES string of the molecule is C=CC(=O)Nc1cccc(-c2cnc3[nH]cc(-c4cc(CO)ncn4)c3c2)c1. The molecule has 138 valence electrons. The van der Waals surface area contributed by atoms with Crippen molar-refractivity contribution in [1.29, 1.82) is 0 Å². The van der Waals surface area contributed by atoms with Gasteiger partial charge in [0, 0.05) is 34.6 Å². The van der Waals surface area contributed by atoms with Crippen LogP contribution >= 0.6 is 0 Å². The molecule has 7 nitrogen and oxygen atoms in total. The third-order valence-electron chi connectivity index (χ3n) is 4.34. The van der Waals surface area contributed by atoms with Crippen molar-refractivity contribution in [3.63, 3.8) is 0 Å². The number of aromatic amines is 1. The molecule has 7 heteroatoms. The molecular formula is C21H17N5O2. The maximum atomic E-state index is 11.5. The Hall–Kier alpha value is -3.84. The second-order valence-electron chi connectivity index (χ2n) is 6.15. The molecule has 0 bridgehead atoms. The van der Waals surface area contributed by atoms with Crippen LogP contribution in [-0.2, 0) is 11.4 Å². The van der Waals surface area contributed by atoms with Crippen LogP contribution in [0.15, 0.2) is 67.8 Å². The Morgan fingerprint density at radius 2 is 2.07 bits per heavy atom. The Labute approximate surface area is 160 Å². The molecule has 0 saturated carbocycles. The molecule has 0 unspecified atom stereocenters. The molecule has 0 aliphatic heterocycles. The molecule has 3 aromatic heterocycles. The lowest BCUT2D eigenvalue weighted by molar-refractivity contribution is -0.111. The Morgan fingerprint density at radius 3 is 2.89 bits per heavy atom. The number of nitrogens with one attached hydrogen (secondary N) is 2. The summed E-state index contributed by atoms with van der Waals surface area (Å²) in [4.78, 5) is 27.5. The average Bonchev–Trinajstić information content (AvgIpc) is 3.17. The summed E-state index contributed by atoms with van der Waals surface area (Å²) in [6.07, 6.45) is 6.28. The van der Waals surface area contributed by atoms with E-state index in [1.807, 2.05) is 36.5 Å². The van der Waals surface area contributed by atoms with Crippen LogP contribution in [0.1, 0.15) is 5.69 Å². The van der Waals surface area contributed by atoms with Gasteiger partial charge in [-0.25, -0.2) is 15.0 Å². The van der Waals surface area contributed by atoms with Crippen molar-refractivity contribution in [2.45, 2.75) is 6.61 Å². The van der Waals surface area contributed by atoms with Crippen LogP contribution in [0.5, 0.6) is 0 Å². The summed E-state index contributed by atoms with van der Waals surface area (Å²) in [7, 11) is 0. The summed E-state index contributed by atoms with van der Waals surface area (Å²) in [5.41, 5.74) is 5.36. The van der Waals surface area contributed by atoms with E-state index in [4.69, 9.17) is 0 Å². The van der Waals surface area contributed by atoms with Crippen molar-refractivity contribution in [2.24, 2.45) is 0 Å². The Balaban J connectivity index is 1.77. The first-order valence-corrected chi connectivity index (χ1v) is 8.61. The van der Waals surface area contributed by atoms with Gasteiger partial charge in [-0.05, 0) is 35.9 Å². The lowest BCUT2D eigenvalue weighted by atomic mass is 10.0. The van der Waals surface area contributed by atoms with Crippen molar-refractivity contribution in [3.8, 4) is 22.4 Å². The number of fused-ring (bicyclic) bond motifs is 1. The highest BCUT2D eigenvalue weighted by molar-refractivity contribution is 5.99. The number of anilines is 1. The van der Waals surface area contributed by atoms with Crippen molar-refractivity contribution in [2.75, 3.05) is 5.32 Å². The number of nitrogens with zero attached hydrogens (tertiary/aromatic N) is 3. The molecular weight excluding hydrogens is 354 g/mol. The van der Waals surface area contributed by atoms with E-state index in [-0.39, 0.29) is 12.5 Å². The molecule has 3 N–H and O–H groups in total. The summed E-state index contributed by atoms with van der Waals surface area (Å²) in [6.45, 7) is 3.32. The number of rotatable bonds is 5. The molecule has 0 aliphatic carbocycles. The van der Waals surface area contributed by atoms with Crippen molar-refractivity contribution >= 4 is 22.6 Å². The zero-order chi connectivity index (χ0) is 19.5. The minimum absolute atomic E-state index is 0.148. The molecule has 0 saturated heterocycles. The Bertz CT molecular complexity index is 1180. The lowest BCUT2D eigenvalue weighted by Crippen LogP contribution is -2.06. The number of amides is 1. The average molecular weight is 371 g/mol. The van der Waals surface area contributed by atoms with E-state index in [2.05, 4.69) is 31.8 Å². The Morgan fingerprint density at radius 1 is 1.18 bits per heavy atom. The van der Waals surface area contributed by atoms with Gasteiger partial charge in [-0.3, -0.25) is 4.79 Å². The lowest BCUT2D eigenvalue weighted by Gasteiger charge is -2.07. The van der Waals surface area contributed by atoms with E-state index in [1.165, 1.54) is 12.4 Å². The summed E-state index contributed by atoms with van der Waals surface area (Å²) >= 11 is 0. The molecule has 4 rings (SSSR count). The number of H-pyrrole nitrogens is 1. The maximum absolute atomic E-state index is 11.5. The normalized spacial score (nSPS) is 10.8. The topological polar surface area (TPSA) is 104 Å². The number of carbonyl (C=O) groups excluding carboxylic acids is 1. The van der Waals surface area contributed by atoms with Crippen LogP contribution in [-0.4, -0.2) is 30.9 Å². The molecule has 0 aliphatic rings. The minimum atomic E-state index is -0.262. The molecule has 0 atom stereocenters. The zero-order valence-electron chi connectivity index (χ0n) is 14.9. The number of pyridine rings is 1. The van der Waals surface area contributed by atoms with Gasteiger partial charge in [0.2, 0.25) is 5.91 Å². The Kier molecular flexibility index (Phi) is 4.65. The van der Waals surface area contributed by atoms with Crippen LogP contribution in [0.2, 0.25) is 0 Å². The molecule has 3 heterocycles. The summed E-state index contributed by atoms with van der Waals surface area (Å²) in [6, 6.07) is 11.3. The first-order chi connectivity index (χ1) is 13.7. The molecule has 0 fully saturated rings. The summed E-state index contributed by atoms with van der Waals surface area (Å²) in [5, 5.41) is 13.0. The number of hydrogen-bond donors (Lipinski definition) is 3. The van der Waals surface area contributed by atoms with Crippen LogP contribution in [0.4, 0.5) is 5.69 Å². The van der Waals surface area contributed by atoms with E-state index in [9.17, 15) is 9.90 Å². The van der Waals surface area contributed by atoms with Crippen LogP contribution in [0.25, 0.3) is 33.4 Å². The molecule has 4 aromatic rings. The van der Waals surface area contributed by atoms with Crippen molar-refractivity contribution in [3.05, 3.63) is 73.5 Å². The molecule has 28 heavy (non-hydrogen) atoms. The molecule has 0 spiro atoms. The first kappa shape index (κ1) is 17.6. The fraction of sp³-hybridized carbons (Fsp3) is 0.0476. The van der Waals surface area contributed by atoms with Gasteiger partial charge in [-0.1, -0.05) is 18.7 Å². The number of aliphatic hydroxyl groups excluding tert-OH is 1. The first-order valence-electron chi connectivity index (χ1n) is 8.61. The van der Waals surface area contributed by atoms with E-state index >= 15 is 0 Å².